The molecule has 2 bridgehead atoms. The van der Waals surface area contributed by atoms with E-state index < -0.39 is 17.1 Å². The fourth-order valence-electron chi connectivity index (χ4n) is 6.02. The molecule has 5 heteroatoms. The first kappa shape index (κ1) is 16.3. The number of aliphatic hydroxyl groups is 1. The number of hydrogen-bond acceptors (Lipinski definition) is 5. The van der Waals surface area contributed by atoms with Crippen LogP contribution in [0.15, 0.2) is 54.6 Å². The van der Waals surface area contributed by atoms with Crippen LogP contribution in [-0.4, -0.2) is 45.2 Å². The van der Waals surface area contributed by atoms with E-state index in [-0.39, 0.29) is 17.6 Å². The summed E-state index contributed by atoms with van der Waals surface area (Å²) in [6, 6.07) is 13.7. The summed E-state index contributed by atoms with van der Waals surface area (Å²) in [6.07, 6.45) is 3.65. The Morgan fingerprint density at radius 1 is 1.18 bits per heavy atom. The maximum atomic E-state index is 12.7. The van der Waals surface area contributed by atoms with Crippen LogP contribution < -0.4 is 4.74 Å². The highest BCUT2D eigenvalue weighted by atomic mass is 16.5. The minimum Gasteiger partial charge on any atom is -0.504 e. The summed E-state index contributed by atoms with van der Waals surface area (Å²) >= 11 is 0. The van der Waals surface area contributed by atoms with E-state index in [0.29, 0.717) is 18.6 Å². The van der Waals surface area contributed by atoms with Crippen LogP contribution in [-0.2, 0) is 23.2 Å². The third-order valence-corrected chi connectivity index (χ3v) is 7.21. The predicted octanol–water partition coefficient (Wildman–Crippen LogP) is 2.09. The van der Waals surface area contributed by atoms with Crippen molar-refractivity contribution in [3.8, 4) is 11.5 Å². The van der Waals surface area contributed by atoms with Gasteiger partial charge in [-0.3, -0.25) is 9.69 Å². The second-order valence-corrected chi connectivity index (χ2v) is 8.40. The van der Waals surface area contributed by atoms with Crippen molar-refractivity contribution in [3.05, 3.63) is 71.3 Å². The molecule has 2 N–H and O–H groups in total. The third-order valence-electron chi connectivity index (χ3n) is 7.21. The molecule has 6 rings (SSSR count). The highest BCUT2D eigenvalue weighted by molar-refractivity contribution is 5.99. The van der Waals surface area contributed by atoms with Crippen molar-refractivity contribution in [2.45, 2.75) is 42.5 Å². The van der Waals surface area contributed by atoms with Gasteiger partial charge in [0.25, 0.3) is 0 Å². The number of ketones is 1. The quantitative estimate of drug-likeness (QED) is 0.841. The van der Waals surface area contributed by atoms with Gasteiger partial charge >= 0.3 is 0 Å². The monoisotopic (exact) mass is 375 g/mol. The van der Waals surface area contributed by atoms with Crippen molar-refractivity contribution in [1.29, 1.82) is 0 Å². The van der Waals surface area contributed by atoms with Crippen LogP contribution in [0.3, 0.4) is 0 Å². The molecule has 2 aliphatic carbocycles. The van der Waals surface area contributed by atoms with Crippen molar-refractivity contribution in [3.63, 3.8) is 0 Å². The molecule has 4 aliphatic rings. The molecule has 28 heavy (non-hydrogen) atoms. The fraction of sp³-hybridized carbons (Fsp3) is 0.348. The van der Waals surface area contributed by atoms with E-state index in [4.69, 9.17) is 4.74 Å². The van der Waals surface area contributed by atoms with E-state index in [9.17, 15) is 15.0 Å². The van der Waals surface area contributed by atoms with Crippen LogP contribution in [0.4, 0.5) is 0 Å². The molecular weight excluding hydrogens is 354 g/mol. The molecule has 1 fully saturated rings. The summed E-state index contributed by atoms with van der Waals surface area (Å²) in [7, 11) is 0. The third kappa shape index (κ3) is 1.77. The van der Waals surface area contributed by atoms with Crippen molar-refractivity contribution in [2.75, 3.05) is 6.54 Å². The summed E-state index contributed by atoms with van der Waals surface area (Å²) < 4.78 is 6.01. The number of aromatic hydroxyl groups is 1. The summed E-state index contributed by atoms with van der Waals surface area (Å²) in [5.74, 6) is 0.291. The zero-order valence-electron chi connectivity index (χ0n) is 15.3. The average molecular weight is 375 g/mol. The van der Waals surface area contributed by atoms with Crippen molar-refractivity contribution in [1.82, 2.24) is 4.90 Å². The van der Waals surface area contributed by atoms with Gasteiger partial charge in [-0.25, -0.2) is 0 Å². The van der Waals surface area contributed by atoms with Crippen LogP contribution >= 0.6 is 0 Å². The van der Waals surface area contributed by atoms with Gasteiger partial charge in [0.2, 0.25) is 0 Å². The van der Waals surface area contributed by atoms with E-state index in [1.807, 2.05) is 24.3 Å². The lowest BCUT2D eigenvalue weighted by Crippen LogP contribution is -2.75. The number of phenolic OH excluding ortho intramolecular Hbond substituents is 1. The number of benzene rings is 2. The molecule has 1 spiro atoms. The number of nitrogens with zero attached hydrogens (tertiary/aromatic N) is 1. The van der Waals surface area contributed by atoms with Gasteiger partial charge in [-0.2, -0.15) is 0 Å². The van der Waals surface area contributed by atoms with Crippen LogP contribution in [0.1, 0.15) is 23.1 Å². The summed E-state index contributed by atoms with van der Waals surface area (Å²) in [5.41, 5.74) is 1.08. The number of carbonyl (C=O) groups excluding carboxylic acids is 1. The van der Waals surface area contributed by atoms with Gasteiger partial charge in [-0.15, -0.1) is 0 Å². The smallest absolute Gasteiger partial charge is 0.196 e. The Morgan fingerprint density at radius 3 is 2.82 bits per heavy atom. The summed E-state index contributed by atoms with van der Waals surface area (Å²) in [5, 5.41) is 22.4. The van der Waals surface area contributed by atoms with Crippen LogP contribution in [0.25, 0.3) is 0 Å². The summed E-state index contributed by atoms with van der Waals surface area (Å²) in [6.45, 7) is 1.51. The lowest BCUT2D eigenvalue weighted by atomic mass is 9.51. The number of ether oxygens (including phenoxy) is 1. The molecule has 142 valence electrons. The number of piperidine rings is 1. The van der Waals surface area contributed by atoms with Gasteiger partial charge in [0, 0.05) is 24.7 Å². The van der Waals surface area contributed by atoms with E-state index in [1.165, 1.54) is 11.6 Å². The van der Waals surface area contributed by atoms with Crippen LogP contribution in [0.5, 0.6) is 11.5 Å². The summed E-state index contributed by atoms with van der Waals surface area (Å²) in [4.78, 5) is 15.1. The second-order valence-electron chi connectivity index (χ2n) is 8.40. The number of hydrogen-bond donors (Lipinski definition) is 2. The first-order valence-electron chi connectivity index (χ1n) is 9.80. The molecule has 0 amide bonds. The number of rotatable bonds is 2. The SMILES string of the molecule is O=C1C=C[C@@]2(O)[C@H]3Cc4ccc(O)c5c4[C@@]2(CCN3Cc2ccccc2)[C@H]1O5. The van der Waals surface area contributed by atoms with E-state index >= 15 is 0 Å². The molecule has 2 aliphatic heterocycles. The van der Waals surface area contributed by atoms with E-state index in [0.717, 1.165) is 24.2 Å². The minimum absolute atomic E-state index is 0.0443. The number of phenols is 1. The van der Waals surface area contributed by atoms with Gasteiger partial charge in [0.1, 0.15) is 5.60 Å². The lowest BCUT2D eigenvalue weighted by Gasteiger charge is -2.60. The molecule has 0 saturated carbocycles. The van der Waals surface area contributed by atoms with Crippen LogP contribution in [0, 0.1) is 0 Å². The van der Waals surface area contributed by atoms with Crippen molar-refractivity contribution in [2.24, 2.45) is 0 Å². The lowest BCUT2D eigenvalue weighted by molar-refractivity contribution is -0.155. The molecule has 0 radical (unpaired) electrons. The van der Waals surface area contributed by atoms with Crippen molar-refractivity contribution >= 4 is 5.78 Å². The van der Waals surface area contributed by atoms with E-state index in [2.05, 4.69) is 17.0 Å². The maximum absolute atomic E-state index is 12.7. The van der Waals surface area contributed by atoms with Gasteiger partial charge in [-0.05, 0) is 42.2 Å². The van der Waals surface area contributed by atoms with Gasteiger partial charge in [-0.1, -0.05) is 36.4 Å². The molecule has 4 atom stereocenters. The molecule has 2 heterocycles. The molecular formula is C23H21NO4. The largest absolute Gasteiger partial charge is 0.504 e. The Hall–Kier alpha value is -2.63. The zero-order chi connectivity index (χ0) is 19.1. The van der Waals surface area contributed by atoms with Crippen LogP contribution in [0.2, 0.25) is 0 Å². The molecule has 0 aromatic heterocycles. The highest BCUT2D eigenvalue weighted by Crippen LogP contribution is 2.63. The Balaban J connectivity index is 1.54. The maximum Gasteiger partial charge on any atom is 0.196 e. The van der Waals surface area contributed by atoms with Gasteiger partial charge < -0.3 is 14.9 Å². The fourth-order valence-corrected chi connectivity index (χ4v) is 6.02. The standard InChI is InChI=1S/C23H21NO4/c25-16-7-6-15-12-18-23(27)9-8-17(26)21-22(23,19(15)20(16)28-21)10-11-24(18)13-14-4-2-1-3-5-14/h1-9,18,21,25,27H,10-13H2/t18-,21+,22+,23-/m1/s1. The van der Waals surface area contributed by atoms with E-state index in [1.54, 1.807) is 12.1 Å². The first-order valence-corrected chi connectivity index (χ1v) is 9.80. The Morgan fingerprint density at radius 2 is 2.00 bits per heavy atom. The Bertz CT molecular complexity index is 1030. The second kappa shape index (κ2) is 5.25. The zero-order valence-corrected chi connectivity index (χ0v) is 15.3. The number of likely N-dealkylation sites (tertiary alicyclic amines) is 1. The number of carbonyl (C=O) groups is 1. The highest BCUT2D eigenvalue weighted by Gasteiger charge is 2.71. The van der Waals surface area contributed by atoms with Crippen molar-refractivity contribution < 1.29 is 19.7 Å². The van der Waals surface area contributed by atoms with Gasteiger partial charge in [0.15, 0.2) is 23.4 Å². The Labute approximate surface area is 162 Å². The first-order chi connectivity index (χ1) is 13.5. The molecule has 1 saturated heterocycles. The molecule has 5 nitrogen and oxygen atoms in total. The van der Waals surface area contributed by atoms with Gasteiger partial charge in [0.05, 0.1) is 5.41 Å². The average Bonchev–Trinajstić information content (AvgIpc) is 3.05. The molecule has 2 aromatic rings. The minimum atomic E-state index is -1.20. The predicted molar refractivity (Wildman–Crippen MR) is 102 cm³/mol. The normalized spacial score (nSPS) is 34.8. The topological polar surface area (TPSA) is 70.0 Å². The Kier molecular flexibility index (Phi) is 3.06. The molecule has 2 aromatic carbocycles. The molecule has 0 unspecified atom stereocenters.